The van der Waals surface area contributed by atoms with E-state index < -0.39 is 32.2 Å². The van der Waals surface area contributed by atoms with Gasteiger partial charge in [-0.25, -0.2) is 0 Å². The lowest BCUT2D eigenvalue weighted by molar-refractivity contribution is -0.394. The third kappa shape index (κ3) is 4.06. The van der Waals surface area contributed by atoms with E-state index in [2.05, 4.69) is 4.90 Å². The minimum Gasteiger partial charge on any atom is -0.495 e. The van der Waals surface area contributed by atoms with Gasteiger partial charge in [-0.1, -0.05) is 23.7 Å². The number of halogens is 1. The number of piperazine rings is 1. The number of rotatable bonds is 5. The normalized spacial score (nSPS) is 13.9. The quantitative estimate of drug-likeness (QED) is 0.538. The Balaban J connectivity index is 1.82. The number of benzene rings is 2. The summed E-state index contributed by atoms with van der Waals surface area (Å²) in [7, 11) is 1.58. The molecule has 1 heterocycles. The van der Waals surface area contributed by atoms with Crippen molar-refractivity contribution < 1.29 is 19.4 Å². The zero-order valence-corrected chi connectivity index (χ0v) is 16.2. The van der Waals surface area contributed by atoms with Crippen LogP contribution in [0.4, 0.5) is 17.1 Å². The van der Waals surface area contributed by atoms with Gasteiger partial charge in [0.2, 0.25) is 0 Å². The average Bonchev–Trinajstić information content (AvgIpc) is 2.73. The van der Waals surface area contributed by atoms with Crippen LogP contribution in [-0.2, 0) is 0 Å². The van der Waals surface area contributed by atoms with E-state index in [1.165, 1.54) is 4.90 Å². The van der Waals surface area contributed by atoms with Crippen molar-refractivity contribution >= 4 is 34.6 Å². The third-order valence-electron chi connectivity index (χ3n) is 4.67. The summed E-state index contributed by atoms with van der Waals surface area (Å²) in [5.41, 5.74) is -0.585. The largest absolute Gasteiger partial charge is 0.495 e. The van der Waals surface area contributed by atoms with Gasteiger partial charge in [-0.2, -0.15) is 0 Å². The number of hydrogen-bond donors (Lipinski definition) is 0. The van der Waals surface area contributed by atoms with E-state index in [0.29, 0.717) is 31.9 Å². The topological polar surface area (TPSA) is 119 Å². The van der Waals surface area contributed by atoms with Crippen LogP contribution in [0.2, 0.25) is 5.02 Å². The van der Waals surface area contributed by atoms with E-state index in [1.54, 1.807) is 7.11 Å². The van der Waals surface area contributed by atoms with Gasteiger partial charge in [0.05, 0.1) is 34.3 Å². The molecule has 0 atom stereocenters. The van der Waals surface area contributed by atoms with E-state index >= 15 is 0 Å². The Morgan fingerprint density at radius 2 is 1.72 bits per heavy atom. The van der Waals surface area contributed by atoms with Crippen LogP contribution >= 0.6 is 11.6 Å². The highest BCUT2D eigenvalue weighted by molar-refractivity contribution is 6.36. The number of para-hydroxylation sites is 2. The van der Waals surface area contributed by atoms with Gasteiger partial charge in [0, 0.05) is 32.2 Å². The third-order valence-corrected chi connectivity index (χ3v) is 5.07. The fourth-order valence-electron chi connectivity index (χ4n) is 3.20. The van der Waals surface area contributed by atoms with Crippen LogP contribution in [0.5, 0.6) is 5.75 Å². The van der Waals surface area contributed by atoms with E-state index in [9.17, 15) is 25.0 Å². The van der Waals surface area contributed by atoms with E-state index in [-0.39, 0.29) is 5.56 Å². The number of hydrogen-bond acceptors (Lipinski definition) is 7. The molecular weight excluding hydrogens is 404 g/mol. The Morgan fingerprint density at radius 3 is 2.31 bits per heavy atom. The van der Waals surface area contributed by atoms with Crippen molar-refractivity contribution in [1.29, 1.82) is 0 Å². The first-order valence-corrected chi connectivity index (χ1v) is 9.01. The number of non-ortho nitro benzene ring substituents is 1. The highest BCUT2D eigenvalue weighted by Gasteiger charge is 2.30. The van der Waals surface area contributed by atoms with Crippen LogP contribution < -0.4 is 9.64 Å². The van der Waals surface area contributed by atoms with Crippen molar-refractivity contribution in [3.63, 3.8) is 0 Å². The zero-order chi connectivity index (χ0) is 21.1. The summed E-state index contributed by atoms with van der Waals surface area (Å²) in [4.78, 5) is 37.0. The van der Waals surface area contributed by atoms with Crippen molar-refractivity contribution in [2.45, 2.75) is 0 Å². The van der Waals surface area contributed by atoms with Gasteiger partial charge in [0.15, 0.2) is 0 Å². The van der Waals surface area contributed by atoms with Crippen molar-refractivity contribution in [3.8, 4) is 5.75 Å². The number of nitrogens with zero attached hydrogens (tertiary/aromatic N) is 4. The Labute approximate surface area is 170 Å². The minimum atomic E-state index is -0.842. The summed E-state index contributed by atoms with van der Waals surface area (Å²) < 4.78 is 5.36. The summed E-state index contributed by atoms with van der Waals surface area (Å²) in [5, 5.41) is 21.9. The predicted octanol–water partition coefficient (Wildman–Crippen LogP) is 3.13. The Hall–Kier alpha value is -3.40. The summed E-state index contributed by atoms with van der Waals surface area (Å²) in [6.07, 6.45) is 0. The average molecular weight is 421 g/mol. The molecule has 10 nitrogen and oxygen atoms in total. The fraction of sp³-hybridized carbons (Fsp3) is 0.278. The van der Waals surface area contributed by atoms with Crippen molar-refractivity contribution in [2.24, 2.45) is 0 Å². The zero-order valence-electron chi connectivity index (χ0n) is 15.4. The molecule has 0 bridgehead atoms. The predicted molar refractivity (Wildman–Crippen MR) is 106 cm³/mol. The Bertz CT molecular complexity index is 975. The van der Waals surface area contributed by atoms with Gasteiger partial charge in [0.1, 0.15) is 10.8 Å². The van der Waals surface area contributed by atoms with E-state index in [1.807, 2.05) is 24.3 Å². The summed E-state index contributed by atoms with van der Waals surface area (Å²) in [5.74, 6) is 0.131. The second kappa shape index (κ2) is 8.31. The molecule has 0 spiro atoms. The highest BCUT2D eigenvalue weighted by Crippen LogP contribution is 2.34. The molecule has 0 unspecified atom stereocenters. The fourth-order valence-corrected chi connectivity index (χ4v) is 3.46. The molecule has 152 valence electrons. The molecule has 1 fully saturated rings. The van der Waals surface area contributed by atoms with Crippen molar-refractivity contribution in [3.05, 3.63) is 67.2 Å². The van der Waals surface area contributed by atoms with Gasteiger partial charge in [-0.15, -0.1) is 0 Å². The smallest absolute Gasteiger partial charge is 0.295 e. The number of carbonyl (C=O) groups is 1. The number of methoxy groups -OCH3 is 1. The van der Waals surface area contributed by atoms with Gasteiger partial charge >= 0.3 is 0 Å². The van der Waals surface area contributed by atoms with Crippen LogP contribution in [0.1, 0.15) is 10.4 Å². The molecule has 2 aromatic carbocycles. The highest BCUT2D eigenvalue weighted by atomic mass is 35.5. The van der Waals surface area contributed by atoms with Crippen LogP contribution in [0.25, 0.3) is 0 Å². The number of amides is 1. The first-order chi connectivity index (χ1) is 13.8. The van der Waals surface area contributed by atoms with Crippen LogP contribution in [0.3, 0.4) is 0 Å². The molecule has 0 aromatic heterocycles. The van der Waals surface area contributed by atoms with Crippen LogP contribution in [0, 0.1) is 20.2 Å². The van der Waals surface area contributed by atoms with Crippen molar-refractivity contribution in [1.82, 2.24) is 4.90 Å². The molecule has 3 rings (SSSR count). The second-order valence-electron chi connectivity index (χ2n) is 6.29. The molecule has 29 heavy (non-hydrogen) atoms. The van der Waals surface area contributed by atoms with E-state index in [0.717, 1.165) is 17.8 Å². The molecule has 0 N–H and O–H groups in total. The maximum atomic E-state index is 12.9. The van der Waals surface area contributed by atoms with Gasteiger partial charge in [-0.05, 0) is 12.1 Å². The molecule has 1 aliphatic rings. The number of nitro benzene ring substituents is 2. The summed E-state index contributed by atoms with van der Waals surface area (Å²) >= 11 is 6.02. The lowest BCUT2D eigenvalue weighted by Crippen LogP contribution is -2.49. The minimum absolute atomic E-state index is 0.252. The second-order valence-corrected chi connectivity index (χ2v) is 6.67. The summed E-state index contributed by atoms with van der Waals surface area (Å²) in [6.45, 7) is 1.65. The number of ether oxygens (including phenoxy) is 1. The first kappa shape index (κ1) is 20.3. The molecule has 0 aliphatic carbocycles. The number of carbonyl (C=O) groups excluding carboxylic acids is 1. The van der Waals surface area contributed by atoms with Crippen LogP contribution in [0.15, 0.2) is 36.4 Å². The molecule has 0 radical (unpaired) electrons. The number of nitro groups is 2. The standard InChI is InChI=1S/C18H17ClN4O6/c1-29-16-5-3-2-4-14(16)20-6-8-21(9-7-20)18(24)13-10-12(22(25)26)11-15(17(13)19)23(27)28/h2-5,10-11H,6-9H2,1H3. The number of anilines is 1. The molecule has 2 aromatic rings. The molecule has 1 amide bonds. The SMILES string of the molecule is COc1ccccc1N1CCN(C(=O)c2cc([N+](=O)[O-])cc([N+](=O)[O-])c2Cl)CC1. The lowest BCUT2D eigenvalue weighted by atomic mass is 10.1. The maximum absolute atomic E-state index is 12.9. The molecule has 0 saturated carbocycles. The van der Waals surface area contributed by atoms with Crippen molar-refractivity contribution in [2.75, 3.05) is 38.2 Å². The first-order valence-electron chi connectivity index (χ1n) is 8.63. The van der Waals surface area contributed by atoms with Gasteiger partial charge in [-0.3, -0.25) is 25.0 Å². The Kier molecular flexibility index (Phi) is 5.83. The van der Waals surface area contributed by atoms with Gasteiger partial charge < -0.3 is 14.5 Å². The molecule has 11 heteroatoms. The van der Waals surface area contributed by atoms with E-state index in [4.69, 9.17) is 16.3 Å². The lowest BCUT2D eigenvalue weighted by Gasteiger charge is -2.36. The summed E-state index contributed by atoms with van der Waals surface area (Å²) in [6, 6.07) is 9.23. The Morgan fingerprint density at radius 1 is 1.07 bits per heavy atom. The molecule has 1 saturated heterocycles. The maximum Gasteiger partial charge on any atom is 0.295 e. The van der Waals surface area contributed by atoms with Gasteiger partial charge in [0.25, 0.3) is 17.3 Å². The van der Waals surface area contributed by atoms with Crippen LogP contribution in [-0.4, -0.2) is 53.9 Å². The molecule has 1 aliphatic heterocycles. The monoisotopic (exact) mass is 420 g/mol. The molecular formula is C18H17ClN4O6.